The first-order chi connectivity index (χ1) is 9.60. The molecule has 0 spiro atoms. The Kier molecular flexibility index (Phi) is 6.92. The van der Waals surface area contributed by atoms with E-state index in [0.29, 0.717) is 25.3 Å². The van der Waals surface area contributed by atoms with Crippen molar-refractivity contribution in [1.29, 1.82) is 0 Å². The van der Waals surface area contributed by atoms with Crippen molar-refractivity contribution in [2.24, 2.45) is 11.7 Å². The number of aryl methyl sites for hydroxylation is 1. The first kappa shape index (κ1) is 17.7. The van der Waals surface area contributed by atoms with Gasteiger partial charge in [0.15, 0.2) is 11.6 Å². The number of benzene rings is 1. The quantitative estimate of drug-likeness (QED) is 0.809. The lowest BCUT2D eigenvalue weighted by atomic mass is 10.1. The molecule has 1 aliphatic rings. The number of nitrogens with one attached hydrogen (secondary N) is 1. The summed E-state index contributed by atoms with van der Waals surface area (Å²) in [6.07, 6.45) is 3.18. The maximum atomic E-state index is 13.5. The molecule has 0 bridgehead atoms. The molecule has 1 aliphatic carbocycles. The number of ether oxygens (including phenoxy) is 1. The van der Waals surface area contributed by atoms with Crippen molar-refractivity contribution >= 4 is 18.3 Å². The Labute approximate surface area is 130 Å². The van der Waals surface area contributed by atoms with Gasteiger partial charge in [-0.2, -0.15) is 0 Å². The van der Waals surface area contributed by atoms with E-state index in [4.69, 9.17) is 10.5 Å². The summed E-state index contributed by atoms with van der Waals surface area (Å²) in [7, 11) is 1.43. The van der Waals surface area contributed by atoms with Crippen molar-refractivity contribution in [1.82, 2.24) is 5.32 Å². The molecule has 118 valence electrons. The van der Waals surface area contributed by atoms with Crippen LogP contribution >= 0.6 is 12.4 Å². The van der Waals surface area contributed by atoms with Crippen LogP contribution in [-0.4, -0.2) is 25.6 Å². The van der Waals surface area contributed by atoms with Gasteiger partial charge in [0.05, 0.1) is 7.11 Å². The molecule has 0 aromatic heterocycles. The molecule has 1 atom stereocenters. The van der Waals surface area contributed by atoms with Crippen LogP contribution in [0, 0.1) is 11.7 Å². The van der Waals surface area contributed by atoms with Crippen LogP contribution in [0.25, 0.3) is 0 Å². The van der Waals surface area contributed by atoms with Gasteiger partial charge < -0.3 is 15.8 Å². The van der Waals surface area contributed by atoms with Gasteiger partial charge in [0.2, 0.25) is 5.91 Å². The Balaban J connectivity index is 0.00000220. The second-order valence-electron chi connectivity index (χ2n) is 5.27. The predicted molar refractivity (Wildman–Crippen MR) is 82.2 cm³/mol. The topological polar surface area (TPSA) is 64.3 Å². The number of halogens is 2. The van der Waals surface area contributed by atoms with Crippen molar-refractivity contribution in [3.63, 3.8) is 0 Å². The first-order valence-corrected chi connectivity index (χ1v) is 6.95. The van der Waals surface area contributed by atoms with Crippen molar-refractivity contribution in [2.45, 2.75) is 31.7 Å². The van der Waals surface area contributed by atoms with Gasteiger partial charge in [-0.1, -0.05) is 6.07 Å². The lowest BCUT2D eigenvalue weighted by Crippen LogP contribution is -2.38. The number of rotatable bonds is 7. The molecular formula is C15H22ClFN2O2. The third-order valence-corrected chi connectivity index (χ3v) is 3.62. The SMILES string of the molecule is COc1ccc(CCC(=O)NCC(N)C2CC2)cc1F.Cl. The summed E-state index contributed by atoms with van der Waals surface area (Å²) < 4.78 is 18.3. The van der Waals surface area contributed by atoms with Gasteiger partial charge in [-0.25, -0.2) is 4.39 Å². The molecule has 0 aliphatic heterocycles. The van der Waals surface area contributed by atoms with E-state index in [0.717, 1.165) is 5.56 Å². The lowest BCUT2D eigenvalue weighted by Gasteiger charge is -2.11. The van der Waals surface area contributed by atoms with E-state index in [2.05, 4.69) is 5.32 Å². The molecule has 0 saturated heterocycles. The summed E-state index contributed by atoms with van der Waals surface area (Å²) in [6, 6.07) is 4.82. The fourth-order valence-electron chi connectivity index (χ4n) is 2.13. The number of methoxy groups -OCH3 is 1. The zero-order valence-corrected chi connectivity index (χ0v) is 12.9. The lowest BCUT2D eigenvalue weighted by molar-refractivity contribution is -0.121. The minimum atomic E-state index is -0.402. The molecule has 1 amide bonds. The highest BCUT2D eigenvalue weighted by Crippen LogP contribution is 2.31. The van der Waals surface area contributed by atoms with Crippen LogP contribution in [0.3, 0.4) is 0 Å². The number of hydrogen-bond donors (Lipinski definition) is 2. The molecular weight excluding hydrogens is 295 g/mol. The summed E-state index contributed by atoms with van der Waals surface area (Å²) in [5, 5.41) is 2.83. The normalized spacial score (nSPS) is 15.0. The second-order valence-corrected chi connectivity index (χ2v) is 5.27. The van der Waals surface area contributed by atoms with Crippen LogP contribution in [0.4, 0.5) is 4.39 Å². The molecule has 0 radical (unpaired) electrons. The summed E-state index contributed by atoms with van der Waals surface area (Å²) >= 11 is 0. The largest absolute Gasteiger partial charge is 0.494 e. The van der Waals surface area contributed by atoms with Crippen molar-refractivity contribution in [2.75, 3.05) is 13.7 Å². The zero-order valence-electron chi connectivity index (χ0n) is 12.1. The fraction of sp³-hybridized carbons (Fsp3) is 0.533. The highest BCUT2D eigenvalue weighted by atomic mass is 35.5. The molecule has 6 heteroatoms. The van der Waals surface area contributed by atoms with Gasteiger partial charge in [-0.15, -0.1) is 12.4 Å². The molecule has 1 aromatic rings. The minimum Gasteiger partial charge on any atom is -0.494 e. The van der Waals surface area contributed by atoms with E-state index in [9.17, 15) is 9.18 Å². The van der Waals surface area contributed by atoms with Crippen molar-refractivity contribution < 1.29 is 13.9 Å². The molecule has 3 N–H and O–H groups in total. The highest BCUT2D eigenvalue weighted by molar-refractivity contribution is 5.85. The van der Waals surface area contributed by atoms with Crippen LogP contribution in [0.15, 0.2) is 18.2 Å². The highest BCUT2D eigenvalue weighted by Gasteiger charge is 2.28. The van der Waals surface area contributed by atoms with Gasteiger partial charge in [0.25, 0.3) is 0 Å². The van der Waals surface area contributed by atoms with Crippen molar-refractivity contribution in [3.8, 4) is 5.75 Å². The van der Waals surface area contributed by atoms with Gasteiger partial charge in [-0.05, 0) is 42.9 Å². The standard InChI is InChI=1S/C15H21FN2O2.ClH/c1-20-14-6-2-10(8-12(14)16)3-7-15(19)18-9-13(17)11-4-5-11;/h2,6,8,11,13H,3-5,7,9,17H2,1H3,(H,18,19);1H. The third-order valence-electron chi connectivity index (χ3n) is 3.62. The molecule has 1 aromatic carbocycles. The Morgan fingerprint density at radius 1 is 1.52 bits per heavy atom. The Morgan fingerprint density at radius 3 is 2.81 bits per heavy atom. The molecule has 1 saturated carbocycles. The molecule has 0 heterocycles. The maximum absolute atomic E-state index is 13.5. The molecule has 1 fully saturated rings. The summed E-state index contributed by atoms with van der Waals surface area (Å²) in [5.74, 6) is 0.345. The molecule has 1 unspecified atom stereocenters. The van der Waals surface area contributed by atoms with E-state index in [-0.39, 0.29) is 30.1 Å². The van der Waals surface area contributed by atoms with Gasteiger partial charge in [0.1, 0.15) is 0 Å². The van der Waals surface area contributed by atoms with E-state index >= 15 is 0 Å². The summed E-state index contributed by atoms with van der Waals surface area (Å²) in [5.41, 5.74) is 6.69. The Morgan fingerprint density at radius 2 is 2.24 bits per heavy atom. The maximum Gasteiger partial charge on any atom is 0.220 e. The Hall–Kier alpha value is -1.33. The average molecular weight is 317 g/mol. The molecule has 4 nitrogen and oxygen atoms in total. The van der Waals surface area contributed by atoms with Crippen LogP contribution in [0.2, 0.25) is 0 Å². The van der Waals surface area contributed by atoms with E-state index < -0.39 is 5.82 Å². The van der Waals surface area contributed by atoms with Crippen LogP contribution < -0.4 is 15.8 Å². The minimum absolute atomic E-state index is 0. The second kappa shape index (κ2) is 8.20. The Bertz CT molecular complexity index is 481. The summed E-state index contributed by atoms with van der Waals surface area (Å²) in [4.78, 5) is 11.7. The van der Waals surface area contributed by atoms with E-state index in [1.165, 1.54) is 26.0 Å². The summed E-state index contributed by atoms with van der Waals surface area (Å²) in [6.45, 7) is 0.528. The number of carbonyl (C=O) groups is 1. The molecule has 21 heavy (non-hydrogen) atoms. The van der Waals surface area contributed by atoms with Crippen molar-refractivity contribution in [3.05, 3.63) is 29.6 Å². The van der Waals surface area contributed by atoms with E-state index in [1.807, 2.05) is 0 Å². The number of carbonyl (C=O) groups excluding carboxylic acids is 1. The van der Waals surface area contributed by atoms with Gasteiger partial charge >= 0.3 is 0 Å². The molecule has 2 rings (SSSR count). The smallest absolute Gasteiger partial charge is 0.220 e. The third kappa shape index (κ3) is 5.52. The first-order valence-electron chi connectivity index (χ1n) is 6.95. The fourth-order valence-corrected chi connectivity index (χ4v) is 2.13. The van der Waals surface area contributed by atoms with Gasteiger partial charge in [0, 0.05) is 19.0 Å². The number of nitrogens with two attached hydrogens (primary N) is 1. The van der Waals surface area contributed by atoms with Crippen LogP contribution in [0.1, 0.15) is 24.8 Å². The van der Waals surface area contributed by atoms with Gasteiger partial charge in [-0.3, -0.25) is 4.79 Å². The van der Waals surface area contributed by atoms with Crippen LogP contribution in [-0.2, 0) is 11.2 Å². The van der Waals surface area contributed by atoms with E-state index in [1.54, 1.807) is 12.1 Å². The number of hydrogen-bond acceptors (Lipinski definition) is 3. The number of amides is 1. The monoisotopic (exact) mass is 316 g/mol. The van der Waals surface area contributed by atoms with Crippen LogP contribution in [0.5, 0.6) is 5.75 Å². The zero-order chi connectivity index (χ0) is 14.5. The average Bonchev–Trinajstić information content (AvgIpc) is 3.27. The predicted octanol–water partition coefficient (Wildman–Crippen LogP) is 2.04.